The SMILES string of the molecule is CCSc1nnc(SCc2cc(=O)oc3cc(C)c(C(C)C)cc23)s1. The van der Waals surface area contributed by atoms with Gasteiger partial charge in [-0.25, -0.2) is 4.79 Å². The Balaban J connectivity index is 1.93. The van der Waals surface area contributed by atoms with Crippen LogP contribution in [-0.4, -0.2) is 16.0 Å². The Hall–Kier alpha value is -1.31. The number of aromatic nitrogens is 2. The lowest BCUT2D eigenvalue weighted by Crippen LogP contribution is -2.02. The summed E-state index contributed by atoms with van der Waals surface area (Å²) in [6.45, 7) is 8.51. The molecule has 0 amide bonds. The Kier molecular flexibility index (Phi) is 5.86. The number of benzene rings is 1. The molecule has 0 saturated heterocycles. The molecule has 0 radical (unpaired) electrons. The molecule has 0 aliphatic carbocycles. The Morgan fingerprint density at radius 2 is 1.88 bits per heavy atom. The minimum atomic E-state index is -0.306. The van der Waals surface area contributed by atoms with Gasteiger partial charge in [-0.3, -0.25) is 0 Å². The van der Waals surface area contributed by atoms with Crippen LogP contribution in [0.4, 0.5) is 0 Å². The molecule has 0 aliphatic rings. The molecule has 2 heterocycles. The van der Waals surface area contributed by atoms with Gasteiger partial charge in [0.15, 0.2) is 8.68 Å². The molecule has 4 nitrogen and oxygen atoms in total. The first-order chi connectivity index (χ1) is 12.0. The van der Waals surface area contributed by atoms with E-state index in [1.54, 1.807) is 40.9 Å². The van der Waals surface area contributed by atoms with E-state index in [0.717, 1.165) is 30.9 Å². The van der Waals surface area contributed by atoms with Gasteiger partial charge in [0.25, 0.3) is 0 Å². The molecule has 0 unspecified atom stereocenters. The summed E-state index contributed by atoms with van der Waals surface area (Å²) in [5, 5.41) is 9.41. The summed E-state index contributed by atoms with van der Waals surface area (Å²) < 4.78 is 7.32. The van der Waals surface area contributed by atoms with Gasteiger partial charge in [-0.15, -0.1) is 10.2 Å². The second kappa shape index (κ2) is 7.93. The van der Waals surface area contributed by atoms with E-state index in [4.69, 9.17) is 4.42 Å². The Morgan fingerprint density at radius 1 is 1.16 bits per heavy atom. The van der Waals surface area contributed by atoms with E-state index in [-0.39, 0.29) is 5.63 Å². The van der Waals surface area contributed by atoms with Crippen LogP contribution in [0.15, 0.2) is 36.1 Å². The number of hydrogen-bond acceptors (Lipinski definition) is 7. The molecule has 3 aromatic rings. The van der Waals surface area contributed by atoms with Gasteiger partial charge >= 0.3 is 5.63 Å². The lowest BCUT2D eigenvalue weighted by Gasteiger charge is -2.12. The second-order valence-electron chi connectivity index (χ2n) is 6.01. The maximum Gasteiger partial charge on any atom is 0.336 e. The van der Waals surface area contributed by atoms with Crippen molar-refractivity contribution in [3.05, 3.63) is 45.3 Å². The van der Waals surface area contributed by atoms with Crippen molar-refractivity contribution in [3.8, 4) is 0 Å². The van der Waals surface area contributed by atoms with E-state index in [1.165, 1.54) is 5.56 Å². The summed E-state index contributed by atoms with van der Waals surface area (Å²) in [6, 6.07) is 5.73. The number of fused-ring (bicyclic) bond motifs is 1. The Morgan fingerprint density at radius 3 is 2.56 bits per heavy atom. The van der Waals surface area contributed by atoms with Crippen molar-refractivity contribution in [3.63, 3.8) is 0 Å². The predicted molar refractivity (Wildman–Crippen MR) is 107 cm³/mol. The quantitative estimate of drug-likeness (QED) is 0.409. The number of thioether (sulfide) groups is 2. The van der Waals surface area contributed by atoms with Crippen molar-refractivity contribution < 1.29 is 4.42 Å². The highest BCUT2D eigenvalue weighted by molar-refractivity contribution is 8.02. The fourth-order valence-corrected chi connectivity index (χ4v) is 5.62. The van der Waals surface area contributed by atoms with E-state index in [1.807, 2.05) is 6.07 Å². The van der Waals surface area contributed by atoms with Crippen molar-refractivity contribution in [2.75, 3.05) is 5.75 Å². The molecule has 0 aliphatic heterocycles. The van der Waals surface area contributed by atoms with E-state index in [0.29, 0.717) is 17.3 Å². The molecular formula is C18H20N2O2S3. The largest absolute Gasteiger partial charge is 0.423 e. The average Bonchev–Trinajstić information content (AvgIpc) is 2.99. The van der Waals surface area contributed by atoms with Crippen LogP contribution in [0.5, 0.6) is 0 Å². The van der Waals surface area contributed by atoms with Crippen molar-refractivity contribution in [1.82, 2.24) is 10.2 Å². The minimum Gasteiger partial charge on any atom is -0.423 e. The van der Waals surface area contributed by atoms with E-state index in [2.05, 4.69) is 44.0 Å². The molecule has 25 heavy (non-hydrogen) atoms. The molecule has 3 rings (SSSR count). The highest BCUT2D eigenvalue weighted by atomic mass is 32.2. The maximum absolute atomic E-state index is 11.9. The molecule has 0 N–H and O–H groups in total. The number of rotatable bonds is 6. The van der Waals surface area contributed by atoms with Crippen LogP contribution in [0.2, 0.25) is 0 Å². The van der Waals surface area contributed by atoms with Crippen LogP contribution in [0, 0.1) is 6.92 Å². The maximum atomic E-state index is 11.9. The van der Waals surface area contributed by atoms with Gasteiger partial charge in [0.1, 0.15) is 5.58 Å². The first-order valence-corrected chi connectivity index (χ1v) is 10.9. The van der Waals surface area contributed by atoms with Crippen LogP contribution in [0.25, 0.3) is 11.0 Å². The number of nitrogens with zero attached hydrogens (tertiary/aromatic N) is 2. The van der Waals surface area contributed by atoms with Crippen LogP contribution in [-0.2, 0) is 5.75 Å². The van der Waals surface area contributed by atoms with Crippen molar-refractivity contribution >= 4 is 45.8 Å². The number of aryl methyl sites for hydroxylation is 1. The zero-order valence-corrected chi connectivity index (χ0v) is 17.1. The van der Waals surface area contributed by atoms with Gasteiger partial charge in [-0.2, -0.15) is 0 Å². The molecular weight excluding hydrogens is 372 g/mol. The first kappa shape index (κ1) is 18.5. The summed E-state index contributed by atoms with van der Waals surface area (Å²) in [6.07, 6.45) is 0. The normalized spacial score (nSPS) is 11.6. The van der Waals surface area contributed by atoms with Gasteiger partial charge in [0.2, 0.25) is 0 Å². The third-order valence-electron chi connectivity index (χ3n) is 3.85. The fraction of sp³-hybridized carbons (Fsp3) is 0.389. The molecule has 0 fully saturated rings. The fourth-order valence-electron chi connectivity index (χ4n) is 2.71. The van der Waals surface area contributed by atoms with Crippen LogP contribution in [0.3, 0.4) is 0 Å². The smallest absolute Gasteiger partial charge is 0.336 e. The monoisotopic (exact) mass is 392 g/mol. The van der Waals surface area contributed by atoms with Gasteiger partial charge in [-0.1, -0.05) is 55.6 Å². The number of hydrogen-bond donors (Lipinski definition) is 0. The topological polar surface area (TPSA) is 56.0 Å². The summed E-state index contributed by atoms with van der Waals surface area (Å²) in [4.78, 5) is 11.9. The molecule has 2 aromatic heterocycles. The second-order valence-corrected chi connectivity index (χ2v) is 9.72. The molecule has 0 bridgehead atoms. The third kappa shape index (κ3) is 4.27. The highest BCUT2D eigenvalue weighted by Crippen LogP contribution is 2.33. The van der Waals surface area contributed by atoms with Crippen molar-refractivity contribution in [2.24, 2.45) is 0 Å². The van der Waals surface area contributed by atoms with E-state index < -0.39 is 0 Å². The average molecular weight is 393 g/mol. The summed E-state index contributed by atoms with van der Waals surface area (Å²) >= 11 is 4.91. The molecule has 0 saturated carbocycles. The van der Waals surface area contributed by atoms with Crippen LogP contribution < -0.4 is 5.63 Å². The van der Waals surface area contributed by atoms with Gasteiger partial charge < -0.3 is 4.42 Å². The molecule has 0 atom stereocenters. The lowest BCUT2D eigenvalue weighted by atomic mass is 9.95. The standard InChI is InChI=1S/C18H20N2O2S3/c1-5-23-17-19-20-18(25-17)24-9-12-7-16(21)22-15-6-11(4)13(10(2)3)8-14(12)15/h6-8,10H,5,9H2,1-4H3. The lowest BCUT2D eigenvalue weighted by molar-refractivity contribution is 0.559. The summed E-state index contributed by atoms with van der Waals surface area (Å²) in [5.74, 6) is 2.09. The highest BCUT2D eigenvalue weighted by Gasteiger charge is 2.13. The van der Waals surface area contributed by atoms with E-state index >= 15 is 0 Å². The molecule has 1 aromatic carbocycles. The first-order valence-electron chi connectivity index (χ1n) is 8.14. The minimum absolute atomic E-state index is 0.306. The predicted octanol–water partition coefficient (Wildman–Crippen LogP) is 5.48. The Bertz CT molecular complexity index is 947. The van der Waals surface area contributed by atoms with Gasteiger partial charge in [0.05, 0.1) is 0 Å². The molecule has 0 spiro atoms. The zero-order chi connectivity index (χ0) is 18.0. The van der Waals surface area contributed by atoms with Crippen LogP contribution >= 0.6 is 34.9 Å². The van der Waals surface area contributed by atoms with Crippen molar-refractivity contribution in [1.29, 1.82) is 0 Å². The molecule has 7 heteroatoms. The van der Waals surface area contributed by atoms with Gasteiger partial charge in [0, 0.05) is 17.2 Å². The zero-order valence-electron chi connectivity index (χ0n) is 14.7. The summed E-state index contributed by atoms with van der Waals surface area (Å²) in [5.41, 5.74) is 3.77. The van der Waals surface area contributed by atoms with Crippen molar-refractivity contribution in [2.45, 2.75) is 48.0 Å². The third-order valence-corrected chi connectivity index (χ3v) is 6.97. The van der Waals surface area contributed by atoms with E-state index in [9.17, 15) is 4.79 Å². The Labute approximate surface area is 159 Å². The van der Waals surface area contributed by atoms with Gasteiger partial charge in [-0.05, 0) is 47.4 Å². The van der Waals surface area contributed by atoms with Crippen LogP contribution in [0.1, 0.15) is 43.4 Å². The summed E-state index contributed by atoms with van der Waals surface area (Å²) in [7, 11) is 0. The molecule has 132 valence electrons.